The fraction of sp³-hybridized carbons (Fsp3) is 0.625. The molecule has 0 amide bonds. The SMILES string of the molecule is CSC1CCCC(NC2CCc3c(F)cccc32)C1. The zero-order valence-corrected chi connectivity index (χ0v) is 12.3. The third-order valence-electron chi connectivity index (χ3n) is 4.61. The lowest BCUT2D eigenvalue weighted by Crippen LogP contribution is -2.37. The highest BCUT2D eigenvalue weighted by atomic mass is 32.2. The van der Waals surface area contributed by atoms with Gasteiger partial charge in [0.25, 0.3) is 0 Å². The molecule has 3 rings (SSSR count). The van der Waals surface area contributed by atoms with Gasteiger partial charge < -0.3 is 5.32 Å². The summed E-state index contributed by atoms with van der Waals surface area (Å²) in [6.45, 7) is 0. The number of hydrogen-bond donors (Lipinski definition) is 1. The number of fused-ring (bicyclic) bond motifs is 1. The van der Waals surface area contributed by atoms with E-state index in [1.54, 1.807) is 6.07 Å². The van der Waals surface area contributed by atoms with E-state index in [9.17, 15) is 4.39 Å². The fourth-order valence-electron chi connectivity index (χ4n) is 3.58. The first-order chi connectivity index (χ1) is 9.28. The Morgan fingerprint density at radius 1 is 1.26 bits per heavy atom. The maximum Gasteiger partial charge on any atom is 0.126 e. The summed E-state index contributed by atoms with van der Waals surface area (Å²) in [6, 6.07) is 6.52. The molecule has 2 aliphatic carbocycles. The Labute approximate surface area is 119 Å². The van der Waals surface area contributed by atoms with Crippen LogP contribution in [0.4, 0.5) is 4.39 Å². The van der Waals surface area contributed by atoms with Crippen LogP contribution in [0, 0.1) is 5.82 Å². The molecule has 3 atom stereocenters. The zero-order valence-electron chi connectivity index (χ0n) is 11.5. The molecule has 0 aliphatic heterocycles. The molecule has 0 saturated heterocycles. The molecular weight excluding hydrogens is 257 g/mol. The minimum Gasteiger partial charge on any atom is -0.307 e. The molecule has 3 unspecified atom stereocenters. The predicted octanol–water partition coefficient (Wildman–Crippen LogP) is 4.08. The number of hydrogen-bond acceptors (Lipinski definition) is 2. The van der Waals surface area contributed by atoms with Crippen molar-refractivity contribution in [1.29, 1.82) is 0 Å². The minimum atomic E-state index is -0.0209. The number of nitrogens with one attached hydrogen (secondary N) is 1. The van der Waals surface area contributed by atoms with Gasteiger partial charge in [0.1, 0.15) is 5.82 Å². The molecule has 3 heteroatoms. The van der Waals surface area contributed by atoms with Gasteiger partial charge in [-0.05, 0) is 55.6 Å². The average molecular weight is 279 g/mol. The smallest absolute Gasteiger partial charge is 0.126 e. The van der Waals surface area contributed by atoms with E-state index in [2.05, 4.69) is 17.6 Å². The maximum atomic E-state index is 13.7. The second-order valence-electron chi connectivity index (χ2n) is 5.79. The third-order valence-corrected chi connectivity index (χ3v) is 5.70. The van der Waals surface area contributed by atoms with Crippen molar-refractivity contribution in [3.05, 3.63) is 35.1 Å². The van der Waals surface area contributed by atoms with Crippen molar-refractivity contribution in [2.75, 3.05) is 6.26 Å². The molecule has 0 aromatic heterocycles. The van der Waals surface area contributed by atoms with Crippen molar-refractivity contribution >= 4 is 11.8 Å². The lowest BCUT2D eigenvalue weighted by atomic mass is 9.93. The number of thioether (sulfide) groups is 1. The molecule has 0 bridgehead atoms. The lowest BCUT2D eigenvalue weighted by Gasteiger charge is -2.31. The molecular formula is C16H22FNS. The quantitative estimate of drug-likeness (QED) is 0.895. The van der Waals surface area contributed by atoms with Crippen LogP contribution in [0.5, 0.6) is 0 Å². The Morgan fingerprint density at radius 3 is 3.00 bits per heavy atom. The number of benzene rings is 1. The molecule has 19 heavy (non-hydrogen) atoms. The molecule has 1 saturated carbocycles. The first-order valence-electron chi connectivity index (χ1n) is 7.34. The normalized spacial score (nSPS) is 30.3. The fourth-order valence-corrected chi connectivity index (χ4v) is 4.40. The summed E-state index contributed by atoms with van der Waals surface area (Å²) in [7, 11) is 0. The minimum absolute atomic E-state index is 0.0209. The van der Waals surface area contributed by atoms with Gasteiger partial charge >= 0.3 is 0 Å². The second-order valence-corrected chi connectivity index (χ2v) is 6.92. The van der Waals surface area contributed by atoms with E-state index in [1.807, 2.05) is 17.8 Å². The lowest BCUT2D eigenvalue weighted by molar-refractivity contribution is 0.343. The summed E-state index contributed by atoms with van der Waals surface area (Å²) in [5.74, 6) is -0.0209. The highest BCUT2D eigenvalue weighted by molar-refractivity contribution is 7.99. The largest absolute Gasteiger partial charge is 0.307 e. The van der Waals surface area contributed by atoms with E-state index in [1.165, 1.54) is 31.2 Å². The van der Waals surface area contributed by atoms with Crippen LogP contribution in [0.25, 0.3) is 0 Å². The molecule has 1 nitrogen and oxygen atoms in total. The maximum absolute atomic E-state index is 13.7. The standard InChI is InChI=1S/C16H22FNS/c1-19-12-5-2-4-11(10-12)18-16-9-8-13-14(16)6-3-7-15(13)17/h3,6-7,11-12,16,18H,2,4-5,8-10H2,1H3. The second kappa shape index (κ2) is 5.84. The van der Waals surface area contributed by atoms with E-state index < -0.39 is 0 Å². The molecule has 1 N–H and O–H groups in total. The summed E-state index contributed by atoms with van der Waals surface area (Å²) < 4.78 is 13.7. The summed E-state index contributed by atoms with van der Waals surface area (Å²) in [6.07, 6.45) is 9.38. The van der Waals surface area contributed by atoms with Gasteiger partial charge in [0, 0.05) is 17.3 Å². The Hall–Kier alpha value is -0.540. The van der Waals surface area contributed by atoms with Crippen LogP contribution in [0.1, 0.15) is 49.3 Å². The Bertz CT molecular complexity index is 448. The Morgan fingerprint density at radius 2 is 2.16 bits per heavy atom. The summed E-state index contributed by atoms with van der Waals surface area (Å²) in [5, 5.41) is 4.59. The molecule has 1 aromatic rings. The zero-order chi connectivity index (χ0) is 13.2. The summed E-state index contributed by atoms with van der Waals surface area (Å²) in [4.78, 5) is 0. The van der Waals surface area contributed by atoms with Crippen molar-refractivity contribution in [3.8, 4) is 0 Å². The molecule has 1 aromatic carbocycles. The van der Waals surface area contributed by atoms with Gasteiger partial charge in [-0.2, -0.15) is 11.8 Å². The van der Waals surface area contributed by atoms with Crippen LogP contribution < -0.4 is 5.32 Å². The molecule has 0 heterocycles. The summed E-state index contributed by atoms with van der Waals surface area (Å²) >= 11 is 2.00. The van der Waals surface area contributed by atoms with Crippen LogP contribution in [-0.4, -0.2) is 17.5 Å². The molecule has 2 aliphatic rings. The Balaban J connectivity index is 1.68. The van der Waals surface area contributed by atoms with Gasteiger partial charge in [-0.15, -0.1) is 0 Å². The number of rotatable bonds is 3. The van der Waals surface area contributed by atoms with Crippen LogP contribution in [0.3, 0.4) is 0 Å². The van der Waals surface area contributed by atoms with Crippen molar-refractivity contribution in [1.82, 2.24) is 5.32 Å². The monoisotopic (exact) mass is 279 g/mol. The van der Waals surface area contributed by atoms with Crippen molar-refractivity contribution in [2.45, 2.75) is 55.9 Å². The van der Waals surface area contributed by atoms with E-state index >= 15 is 0 Å². The van der Waals surface area contributed by atoms with E-state index in [-0.39, 0.29) is 5.82 Å². The van der Waals surface area contributed by atoms with Crippen molar-refractivity contribution in [2.24, 2.45) is 0 Å². The van der Waals surface area contributed by atoms with Crippen LogP contribution in [-0.2, 0) is 6.42 Å². The van der Waals surface area contributed by atoms with Gasteiger partial charge in [0.05, 0.1) is 0 Å². The highest BCUT2D eigenvalue weighted by Crippen LogP contribution is 2.35. The van der Waals surface area contributed by atoms with Crippen molar-refractivity contribution < 1.29 is 4.39 Å². The van der Waals surface area contributed by atoms with Gasteiger partial charge in [-0.25, -0.2) is 4.39 Å². The Kier molecular flexibility index (Phi) is 4.13. The van der Waals surface area contributed by atoms with E-state index in [4.69, 9.17) is 0 Å². The molecule has 104 valence electrons. The van der Waals surface area contributed by atoms with E-state index in [0.29, 0.717) is 12.1 Å². The van der Waals surface area contributed by atoms with Gasteiger partial charge in [0.2, 0.25) is 0 Å². The first-order valence-corrected chi connectivity index (χ1v) is 8.63. The number of halogens is 1. The summed E-state index contributed by atoms with van der Waals surface area (Å²) in [5.41, 5.74) is 2.14. The van der Waals surface area contributed by atoms with Crippen LogP contribution in [0.2, 0.25) is 0 Å². The predicted molar refractivity (Wildman–Crippen MR) is 80.2 cm³/mol. The van der Waals surface area contributed by atoms with Gasteiger partial charge in [-0.3, -0.25) is 0 Å². The molecule has 1 fully saturated rings. The van der Waals surface area contributed by atoms with E-state index in [0.717, 1.165) is 23.7 Å². The molecule has 0 spiro atoms. The van der Waals surface area contributed by atoms with Crippen molar-refractivity contribution in [3.63, 3.8) is 0 Å². The molecule has 0 radical (unpaired) electrons. The van der Waals surface area contributed by atoms with Crippen LogP contribution >= 0.6 is 11.8 Å². The highest BCUT2D eigenvalue weighted by Gasteiger charge is 2.28. The topological polar surface area (TPSA) is 12.0 Å². The van der Waals surface area contributed by atoms with Crippen LogP contribution in [0.15, 0.2) is 18.2 Å². The average Bonchev–Trinajstić information content (AvgIpc) is 2.84. The third kappa shape index (κ3) is 2.82. The first kappa shape index (κ1) is 13.4. The van der Waals surface area contributed by atoms with Gasteiger partial charge in [0.15, 0.2) is 0 Å². The van der Waals surface area contributed by atoms with Gasteiger partial charge in [-0.1, -0.05) is 18.6 Å².